The standard InChI is InChI=1S/C31H26N4O2/c36-30(28-12-6-8-23-7-4-5-11-27(23)28)34-19-21-35(22-20-34)31-32-18-17-29(33-31)24-13-15-26(16-14-24)37-25-9-2-1-3-10-25/h1-18H,19-22H2. The van der Waals surface area contributed by atoms with Crippen LogP contribution in [0.15, 0.2) is 109 Å². The Morgan fingerprint density at radius 2 is 1.41 bits per heavy atom. The SMILES string of the molecule is O=C(c1cccc2ccccc12)N1CCN(c2nccc(-c3ccc(Oc4ccccc4)cc3)n2)CC1. The molecule has 1 amide bonds. The van der Waals surface area contributed by atoms with Gasteiger partial charge in [0.1, 0.15) is 11.5 Å². The average molecular weight is 487 g/mol. The number of carbonyl (C=O) groups excluding carboxylic acids is 1. The molecule has 1 aromatic heterocycles. The number of ether oxygens (including phenoxy) is 1. The summed E-state index contributed by atoms with van der Waals surface area (Å²) in [7, 11) is 0. The van der Waals surface area contributed by atoms with E-state index in [1.54, 1.807) is 6.20 Å². The number of piperazine rings is 1. The monoisotopic (exact) mass is 486 g/mol. The van der Waals surface area contributed by atoms with E-state index in [1.807, 2.05) is 108 Å². The summed E-state index contributed by atoms with van der Waals surface area (Å²) in [6.07, 6.45) is 1.79. The van der Waals surface area contributed by atoms with Gasteiger partial charge in [-0.15, -0.1) is 0 Å². The van der Waals surface area contributed by atoms with E-state index in [0.29, 0.717) is 32.1 Å². The Hall–Kier alpha value is -4.71. The number of anilines is 1. The van der Waals surface area contributed by atoms with Crippen molar-refractivity contribution < 1.29 is 9.53 Å². The minimum absolute atomic E-state index is 0.0731. The highest BCUT2D eigenvalue weighted by Crippen LogP contribution is 2.26. The lowest BCUT2D eigenvalue weighted by atomic mass is 10.0. The van der Waals surface area contributed by atoms with E-state index < -0.39 is 0 Å². The molecule has 6 rings (SSSR count). The zero-order valence-electron chi connectivity index (χ0n) is 20.3. The molecule has 1 aliphatic rings. The first-order valence-corrected chi connectivity index (χ1v) is 12.4. The highest BCUT2D eigenvalue weighted by molar-refractivity contribution is 6.07. The Labute approximate surface area is 215 Å². The number of para-hydroxylation sites is 1. The number of hydrogen-bond acceptors (Lipinski definition) is 5. The number of benzene rings is 4. The number of nitrogens with zero attached hydrogens (tertiary/aromatic N) is 4. The second-order valence-corrected chi connectivity index (χ2v) is 8.99. The van der Waals surface area contributed by atoms with Crippen LogP contribution in [0.5, 0.6) is 11.5 Å². The van der Waals surface area contributed by atoms with Gasteiger partial charge in [-0.3, -0.25) is 4.79 Å². The predicted molar refractivity (Wildman–Crippen MR) is 146 cm³/mol. The van der Waals surface area contributed by atoms with E-state index in [4.69, 9.17) is 9.72 Å². The van der Waals surface area contributed by atoms with E-state index in [-0.39, 0.29) is 5.91 Å². The molecule has 6 nitrogen and oxygen atoms in total. The van der Waals surface area contributed by atoms with Gasteiger partial charge in [0.15, 0.2) is 0 Å². The van der Waals surface area contributed by atoms with Crippen molar-refractivity contribution in [3.8, 4) is 22.8 Å². The van der Waals surface area contributed by atoms with Crippen LogP contribution in [0, 0.1) is 0 Å². The highest BCUT2D eigenvalue weighted by Gasteiger charge is 2.24. The molecular formula is C31H26N4O2. The fourth-order valence-electron chi connectivity index (χ4n) is 4.67. The smallest absolute Gasteiger partial charge is 0.254 e. The molecule has 0 unspecified atom stereocenters. The maximum atomic E-state index is 13.3. The Balaban J connectivity index is 1.13. The number of rotatable bonds is 5. The van der Waals surface area contributed by atoms with Gasteiger partial charge in [-0.25, -0.2) is 9.97 Å². The molecule has 6 heteroatoms. The third-order valence-corrected chi connectivity index (χ3v) is 6.64. The molecule has 0 bridgehead atoms. The molecule has 0 aliphatic carbocycles. The Morgan fingerprint density at radius 1 is 0.703 bits per heavy atom. The predicted octanol–water partition coefficient (Wildman–Crippen LogP) is 6.05. The summed E-state index contributed by atoms with van der Waals surface area (Å²) in [4.78, 5) is 26.7. The summed E-state index contributed by atoms with van der Waals surface area (Å²) in [5.74, 6) is 2.33. The van der Waals surface area contributed by atoms with Crippen LogP contribution >= 0.6 is 0 Å². The molecule has 0 radical (unpaired) electrons. The van der Waals surface area contributed by atoms with Crippen molar-refractivity contribution in [2.24, 2.45) is 0 Å². The second kappa shape index (κ2) is 10.1. The van der Waals surface area contributed by atoms with Gasteiger partial charge in [0.05, 0.1) is 5.69 Å². The molecule has 0 atom stereocenters. The average Bonchev–Trinajstić information content (AvgIpc) is 2.98. The van der Waals surface area contributed by atoms with Crippen LogP contribution < -0.4 is 9.64 Å². The molecular weight excluding hydrogens is 460 g/mol. The molecule has 1 saturated heterocycles. The summed E-state index contributed by atoms with van der Waals surface area (Å²) in [5.41, 5.74) is 2.60. The van der Waals surface area contributed by atoms with Crippen LogP contribution in [0.1, 0.15) is 10.4 Å². The van der Waals surface area contributed by atoms with E-state index in [1.165, 1.54) is 0 Å². The fourth-order valence-corrected chi connectivity index (χ4v) is 4.67. The molecule has 1 aliphatic heterocycles. The largest absolute Gasteiger partial charge is 0.457 e. The first-order valence-electron chi connectivity index (χ1n) is 12.4. The second-order valence-electron chi connectivity index (χ2n) is 8.99. The maximum Gasteiger partial charge on any atom is 0.254 e. The maximum absolute atomic E-state index is 13.3. The third kappa shape index (κ3) is 4.86. The van der Waals surface area contributed by atoms with Crippen LogP contribution in [0.25, 0.3) is 22.0 Å². The van der Waals surface area contributed by atoms with Gasteiger partial charge in [0.25, 0.3) is 5.91 Å². The van der Waals surface area contributed by atoms with Gasteiger partial charge in [-0.05, 0) is 59.3 Å². The van der Waals surface area contributed by atoms with E-state index in [9.17, 15) is 4.79 Å². The minimum Gasteiger partial charge on any atom is -0.457 e. The summed E-state index contributed by atoms with van der Waals surface area (Å²) < 4.78 is 5.90. The van der Waals surface area contributed by atoms with Crippen LogP contribution in [-0.4, -0.2) is 47.0 Å². The van der Waals surface area contributed by atoms with Crippen molar-refractivity contribution >= 4 is 22.6 Å². The van der Waals surface area contributed by atoms with E-state index in [2.05, 4.69) is 9.88 Å². The molecule has 2 heterocycles. The third-order valence-electron chi connectivity index (χ3n) is 6.64. The Kier molecular flexibility index (Phi) is 6.21. The van der Waals surface area contributed by atoms with Crippen LogP contribution in [0.4, 0.5) is 5.95 Å². The fraction of sp³-hybridized carbons (Fsp3) is 0.129. The van der Waals surface area contributed by atoms with Crippen molar-refractivity contribution in [2.45, 2.75) is 0 Å². The van der Waals surface area contributed by atoms with Gasteiger partial charge in [0.2, 0.25) is 5.95 Å². The van der Waals surface area contributed by atoms with Crippen molar-refractivity contribution in [1.29, 1.82) is 0 Å². The minimum atomic E-state index is 0.0731. The number of fused-ring (bicyclic) bond motifs is 1. The van der Waals surface area contributed by atoms with Crippen LogP contribution in [0.3, 0.4) is 0 Å². The van der Waals surface area contributed by atoms with Crippen LogP contribution in [-0.2, 0) is 0 Å². The molecule has 0 N–H and O–H groups in total. The molecule has 1 fully saturated rings. The molecule has 4 aromatic carbocycles. The number of hydrogen-bond donors (Lipinski definition) is 0. The van der Waals surface area contributed by atoms with Gasteiger partial charge in [-0.2, -0.15) is 0 Å². The lowest BCUT2D eigenvalue weighted by Gasteiger charge is -2.35. The lowest BCUT2D eigenvalue weighted by molar-refractivity contribution is 0.0748. The molecule has 0 saturated carbocycles. The summed E-state index contributed by atoms with van der Waals surface area (Å²) >= 11 is 0. The summed E-state index contributed by atoms with van der Waals surface area (Å²) in [5, 5.41) is 2.07. The lowest BCUT2D eigenvalue weighted by Crippen LogP contribution is -2.49. The van der Waals surface area contributed by atoms with Crippen molar-refractivity contribution in [3.05, 3.63) is 115 Å². The highest BCUT2D eigenvalue weighted by atomic mass is 16.5. The van der Waals surface area contributed by atoms with Crippen molar-refractivity contribution in [3.63, 3.8) is 0 Å². The van der Waals surface area contributed by atoms with Crippen molar-refractivity contribution in [2.75, 3.05) is 31.1 Å². The summed E-state index contributed by atoms with van der Waals surface area (Å²) in [6.45, 7) is 2.62. The van der Waals surface area contributed by atoms with Gasteiger partial charge in [-0.1, -0.05) is 54.6 Å². The Morgan fingerprint density at radius 3 is 2.22 bits per heavy atom. The number of carbonyl (C=O) groups is 1. The normalized spacial score (nSPS) is 13.5. The first-order chi connectivity index (χ1) is 18.2. The first kappa shape index (κ1) is 22.7. The van der Waals surface area contributed by atoms with Crippen LogP contribution in [0.2, 0.25) is 0 Å². The van der Waals surface area contributed by atoms with Gasteiger partial charge < -0.3 is 14.5 Å². The van der Waals surface area contributed by atoms with E-state index in [0.717, 1.165) is 39.1 Å². The molecule has 182 valence electrons. The van der Waals surface area contributed by atoms with Gasteiger partial charge in [0, 0.05) is 43.5 Å². The molecule has 0 spiro atoms. The number of amides is 1. The van der Waals surface area contributed by atoms with Gasteiger partial charge >= 0.3 is 0 Å². The van der Waals surface area contributed by atoms with Crippen molar-refractivity contribution in [1.82, 2.24) is 14.9 Å². The summed E-state index contributed by atoms with van der Waals surface area (Å²) in [6, 6.07) is 33.5. The molecule has 37 heavy (non-hydrogen) atoms. The molecule has 5 aromatic rings. The zero-order valence-corrected chi connectivity index (χ0v) is 20.3. The topological polar surface area (TPSA) is 58.6 Å². The number of aromatic nitrogens is 2. The quantitative estimate of drug-likeness (QED) is 0.303. The van der Waals surface area contributed by atoms with E-state index >= 15 is 0 Å². The Bertz CT molecular complexity index is 1520. The zero-order chi connectivity index (χ0) is 25.0.